The van der Waals surface area contributed by atoms with Crippen LogP contribution in [-0.4, -0.2) is 16.2 Å². The SMILES string of the molecule is CCOc1ccc(Nc2nccn(CC)c2=O)cc1CCl. The summed E-state index contributed by atoms with van der Waals surface area (Å²) in [5, 5.41) is 3.03. The van der Waals surface area contributed by atoms with Crippen LogP contribution < -0.4 is 15.6 Å². The Labute approximate surface area is 128 Å². The third-order valence-electron chi connectivity index (χ3n) is 3.02. The monoisotopic (exact) mass is 307 g/mol. The van der Waals surface area contributed by atoms with Crippen molar-refractivity contribution in [3.8, 4) is 5.75 Å². The molecule has 0 spiro atoms. The van der Waals surface area contributed by atoms with Crippen molar-refractivity contribution in [1.82, 2.24) is 9.55 Å². The Morgan fingerprint density at radius 2 is 2.19 bits per heavy atom. The molecule has 0 fully saturated rings. The maximum atomic E-state index is 12.1. The van der Waals surface area contributed by atoms with Gasteiger partial charge in [-0.05, 0) is 32.0 Å². The number of aromatic nitrogens is 2. The maximum absolute atomic E-state index is 12.1. The second kappa shape index (κ2) is 7.13. The molecular formula is C15H18ClN3O2. The fraction of sp³-hybridized carbons (Fsp3) is 0.333. The van der Waals surface area contributed by atoms with Crippen molar-refractivity contribution in [2.24, 2.45) is 0 Å². The summed E-state index contributed by atoms with van der Waals surface area (Å²) in [5.74, 6) is 1.39. The van der Waals surface area contributed by atoms with Crippen molar-refractivity contribution >= 4 is 23.1 Å². The minimum atomic E-state index is -0.152. The lowest BCUT2D eigenvalue weighted by Crippen LogP contribution is -2.22. The van der Waals surface area contributed by atoms with Crippen molar-refractivity contribution in [2.45, 2.75) is 26.3 Å². The largest absolute Gasteiger partial charge is 0.494 e. The number of ether oxygens (including phenoxy) is 1. The van der Waals surface area contributed by atoms with Crippen LogP contribution in [0, 0.1) is 0 Å². The Morgan fingerprint density at radius 3 is 2.86 bits per heavy atom. The summed E-state index contributed by atoms with van der Waals surface area (Å²) in [7, 11) is 0. The highest BCUT2D eigenvalue weighted by Gasteiger charge is 2.07. The second-order valence-electron chi connectivity index (χ2n) is 4.38. The normalized spacial score (nSPS) is 10.4. The molecule has 2 aromatic rings. The Kier molecular flexibility index (Phi) is 5.22. The number of nitrogens with one attached hydrogen (secondary N) is 1. The van der Waals surface area contributed by atoms with Crippen molar-refractivity contribution in [3.63, 3.8) is 0 Å². The molecule has 0 aliphatic heterocycles. The molecule has 1 N–H and O–H groups in total. The highest BCUT2D eigenvalue weighted by molar-refractivity contribution is 6.17. The van der Waals surface area contributed by atoms with Gasteiger partial charge in [0.1, 0.15) is 5.75 Å². The van der Waals surface area contributed by atoms with Gasteiger partial charge >= 0.3 is 0 Å². The van der Waals surface area contributed by atoms with E-state index in [9.17, 15) is 4.79 Å². The predicted molar refractivity (Wildman–Crippen MR) is 84.6 cm³/mol. The summed E-state index contributed by atoms with van der Waals surface area (Å²) in [6, 6.07) is 5.54. The summed E-state index contributed by atoms with van der Waals surface area (Å²) in [6.45, 7) is 5.02. The molecule has 0 atom stereocenters. The first-order valence-corrected chi connectivity index (χ1v) is 7.37. The smallest absolute Gasteiger partial charge is 0.293 e. The van der Waals surface area contributed by atoms with E-state index in [1.54, 1.807) is 17.0 Å². The van der Waals surface area contributed by atoms with E-state index in [0.29, 0.717) is 24.8 Å². The molecule has 0 bridgehead atoms. The number of anilines is 2. The van der Waals surface area contributed by atoms with E-state index in [1.165, 1.54) is 0 Å². The van der Waals surface area contributed by atoms with E-state index >= 15 is 0 Å². The number of alkyl halides is 1. The number of benzene rings is 1. The standard InChI is InChI=1S/C15H18ClN3O2/c1-3-19-8-7-17-14(15(19)20)18-12-5-6-13(21-4-2)11(9-12)10-16/h5-9H,3-4,10H2,1-2H3,(H,17,18). The van der Waals surface area contributed by atoms with E-state index < -0.39 is 0 Å². The van der Waals surface area contributed by atoms with E-state index in [-0.39, 0.29) is 5.56 Å². The molecule has 5 nitrogen and oxygen atoms in total. The van der Waals surface area contributed by atoms with Gasteiger partial charge in [-0.15, -0.1) is 11.6 Å². The third kappa shape index (κ3) is 3.55. The van der Waals surface area contributed by atoms with Gasteiger partial charge in [0.05, 0.1) is 12.5 Å². The molecule has 1 aromatic heterocycles. The molecule has 0 radical (unpaired) electrons. The summed E-state index contributed by atoms with van der Waals surface area (Å²) in [5.41, 5.74) is 1.48. The molecule has 0 aliphatic carbocycles. The van der Waals surface area contributed by atoms with Crippen molar-refractivity contribution in [3.05, 3.63) is 46.5 Å². The first kappa shape index (κ1) is 15.4. The van der Waals surface area contributed by atoms with Gasteiger partial charge in [-0.3, -0.25) is 4.79 Å². The van der Waals surface area contributed by atoms with Gasteiger partial charge in [-0.2, -0.15) is 0 Å². The molecule has 0 aliphatic rings. The average molecular weight is 308 g/mol. The van der Waals surface area contributed by atoms with Crippen LogP contribution in [0.25, 0.3) is 0 Å². The number of hydrogen-bond donors (Lipinski definition) is 1. The summed E-state index contributed by atoms with van der Waals surface area (Å²) < 4.78 is 7.09. The van der Waals surface area contributed by atoms with Gasteiger partial charge in [0.15, 0.2) is 5.82 Å². The molecule has 2 rings (SSSR count). The zero-order valence-corrected chi connectivity index (χ0v) is 12.9. The summed E-state index contributed by atoms with van der Waals surface area (Å²) >= 11 is 5.93. The Balaban J connectivity index is 2.30. The predicted octanol–water partition coefficient (Wildman–Crippen LogP) is 3.14. The molecule has 0 saturated carbocycles. The first-order chi connectivity index (χ1) is 10.2. The number of halogens is 1. The lowest BCUT2D eigenvalue weighted by molar-refractivity contribution is 0.337. The maximum Gasteiger partial charge on any atom is 0.293 e. The zero-order valence-electron chi connectivity index (χ0n) is 12.1. The fourth-order valence-corrected chi connectivity index (χ4v) is 2.19. The van der Waals surface area contributed by atoms with Crippen molar-refractivity contribution in [1.29, 1.82) is 0 Å². The van der Waals surface area contributed by atoms with Crippen LogP contribution in [0.2, 0.25) is 0 Å². The number of nitrogens with zero attached hydrogens (tertiary/aromatic N) is 2. The van der Waals surface area contributed by atoms with E-state index in [4.69, 9.17) is 16.3 Å². The number of aryl methyl sites for hydroxylation is 1. The molecule has 6 heteroatoms. The molecule has 0 unspecified atom stereocenters. The second-order valence-corrected chi connectivity index (χ2v) is 4.65. The van der Waals surface area contributed by atoms with Crippen LogP contribution in [0.15, 0.2) is 35.4 Å². The van der Waals surface area contributed by atoms with Crippen LogP contribution in [-0.2, 0) is 12.4 Å². The fourth-order valence-electron chi connectivity index (χ4n) is 1.98. The highest BCUT2D eigenvalue weighted by atomic mass is 35.5. The quantitative estimate of drug-likeness (QED) is 0.833. The number of rotatable bonds is 6. The highest BCUT2D eigenvalue weighted by Crippen LogP contribution is 2.25. The van der Waals surface area contributed by atoms with E-state index in [0.717, 1.165) is 17.0 Å². The average Bonchev–Trinajstić information content (AvgIpc) is 2.51. The minimum absolute atomic E-state index is 0.152. The third-order valence-corrected chi connectivity index (χ3v) is 3.31. The molecule has 21 heavy (non-hydrogen) atoms. The van der Waals surface area contributed by atoms with E-state index in [1.807, 2.05) is 32.0 Å². The van der Waals surface area contributed by atoms with Gasteiger partial charge in [0.25, 0.3) is 5.56 Å². The molecular weight excluding hydrogens is 290 g/mol. The van der Waals surface area contributed by atoms with Crippen LogP contribution >= 0.6 is 11.6 Å². The minimum Gasteiger partial charge on any atom is -0.494 e. The lowest BCUT2D eigenvalue weighted by atomic mass is 10.2. The Bertz CT molecular complexity index is 670. The van der Waals surface area contributed by atoms with Crippen molar-refractivity contribution in [2.75, 3.05) is 11.9 Å². The van der Waals surface area contributed by atoms with Gasteiger partial charge in [0.2, 0.25) is 0 Å². The van der Waals surface area contributed by atoms with Crippen molar-refractivity contribution < 1.29 is 4.74 Å². The molecule has 0 amide bonds. The Hall–Kier alpha value is -2.01. The van der Waals surface area contributed by atoms with Gasteiger partial charge in [0, 0.05) is 30.2 Å². The molecule has 112 valence electrons. The van der Waals surface area contributed by atoms with Crippen LogP contribution in [0.5, 0.6) is 5.75 Å². The zero-order chi connectivity index (χ0) is 15.2. The first-order valence-electron chi connectivity index (χ1n) is 6.83. The van der Waals surface area contributed by atoms with Gasteiger partial charge < -0.3 is 14.6 Å². The van der Waals surface area contributed by atoms with Crippen LogP contribution in [0.1, 0.15) is 19.4 Å². The van der Waals surface area contributed by atoms with Crippen LogP contribution in [0.3, 0.4) is 0 Å². The van der Waals surface area contributed by atoms with Crippen LogP contribution in [0.4, 0.5) is 11.5 Å². The topological polar surface area (TPSA) is 56.1 Å². The van der Waals surface area contributed by atoms with Gasteiger partial charge in [-0.1, -0.05) is 0 Å². The van der Waals surface area contributed by atoms with Gasteiger partial charge in [-0.25, -0.2) is 4.98 Å². The Morgan fingerprint density at radius 1 is 1.38 bits per heavy atom. The molecule has 0 saturated heterocycles. The summed E-state index contributed by atoms with van der Waals surface area (Å²) in [6.07, 6.45) is 3.26. The molecule has 1 aromatic carbocycles. The van der Waals surface area contributed by atoms with E-state index in [2.05, 4.69) is 10.3 Å². The molecule has 1 heterocycles. The number of hydrogen-bond acceptors (Lipinski definition) is 4. The summed E-state index contributed by atoms with van der Waals surface area (Å²) in [4.78, 5) is 16.2. The lowest BCUT2D eigenvalue weighted by Gasteiger charge is -2.12.